The highest BCUT2D eigenvalue weighted by Gasteiger charge is 2.19. The minimum absolute atomic E-state index is 0.198. The maximum atomic E-state index is 12.4. The third kappa shape index (κ3) is 4.34. The zero-order chi connectivity index (χ0) is 20.2. The molecular weight excluding hydrogens is 372 g/mol. The van der Waals surface area contributed by atoms with Crippen molar-refractivity contribution in [2.45, 2.75) is 25.9 Å². The average molecular weight is 394 g/mol. The molecule has 2 N–H and O–H groups in total. The molecule has 1 atom stereocenters. The SMILES string of the molecule is C[C@@H](OC(=O)CCc1c[nH]c2ccccc12)C(=O)Nc1ccc2c(c1)OCCO2. The summed E-state index contributed by atoms with van der Waals surface area (Å²) in [6, 6.07) is 13.1. The van der Waals surface area contributed by atoms with Gasteiger partial charge >= 0.3 is 5.97 Å². The van der Waals surface area contributed by atoms with Gasteiger partial charge in [-0.05, 0) is 37.1 Å². The van der Waals surface area contributed by atoms with Crippen LogP contribution in [-0.4, -0.2) is 36.2 Å². The summed E-state index contributed by atoms with van der Waals surface area (Å²) in [6.45, 7) is 2.52. The van der Waals surface area contributed by atoms with E-state index in [1.54, 1.807) is 25.1 Å². The molecular formula is C22H22N2O5. The van der Waals surface area contributed by atoms with E-state index in [-0.39, 0.29) is 6.42 Å². The van der Waals surface area contributed by atoms with Crippen molar-refractivity contribution in [2.75, 3.05) is 18.5 Å². The van der Waals surface area contributed by atoms with Gasteiger partial charge in [0.15, 0.2) is 17.6 Å². The highest BCUT2D eigenvalue weighted by Crippen LogP contribution is 2.32. The number of aromatic nitrogens is 1. The van der Waals surface area contributed by atoms with E-state index in [1.807, 2.05) is 30.5 Å². The Labute approximate surface area is 168 Å². The summed E-state index contributed by atoms with van der Waals surface area (Å²) in [7, 11) is 0. The summed E-state index contributed by atoms with van der Waals surface area (Å²) in [6.07, 6.45) is 1.73. The van der Waals surface area contributed by atoms with Crippen LogP contribution in [0.25, 0.3) is 10.9 Å². The molecule has 2 aromatic carbocycles. The van der Waals surface area contributed by atoms with Crippen molar-refractivity contribution in [1.82, 2.24) is 4.98 Å². The van der Waals surface area contributed by atoms with Crippen LogP contribution in [0, 0.1) is 0 Å². The summed E-state index contributed by atoms with van der Waals surface area (Å²) in [5, 5.41) is 3.82. The molecule has 0 radical (unpaired) electrons. The summed E-state index contributed by atoms with van der Waals surface area (Å²) < 4.78 is 16.3. The first-order valence-corrected chi connectivity index (χ1v) is 9.55. The van der Waals surface area contributed by atoms with Crippen LogP contribution >= 0.6 is 0 Å². The van der Waals surface area contributed by atoms with E-state index < -0.39 is 18.0 Å². The predicted molar refractivity (Wildman–Crippen MR) is 108 cm³/mol. The zero-order valence-corrected chi connectivity index (χ0v) is 16.1. The van der Waals surface area contributed by atoms with Gasteiger partial charge in [-0.1, -0.05) is 18.2 Å². The maximum Gasteiger partial charge on any atom is 0.306 e. The van der Waals surface area contributed by atoms with Gasteiger partial charge < -0.3 is 24.5 Å². The second-order valence-corrected chi connectivity index (χ2v) is 6.84. The number of rotatable bonds is 6. The number of aromatic amines is 1. The van der Waals surface area contributed by atoms with Crippen LogP contribution in [0.1, 0.15) is 18.9 Å². The van der Waals surface area contributed by atoms with Gasteiger partial charge in [-0.3, -0.25) is 9.59 Å². The maximum absolute atomic E-state index is 12.4. The van der Waals surface area contributed by atoms with Gasteiger partial charge in [-0.25, -0.2) is 0 Å². The molecule has 0 saturated heterocycles. The Balaban J connectivity index is 1.29. The molecule has 0 fully saturated rings. The lowest BCUT2D eigenvalue weighted by molar-refractivity contribution is -0.153. The fraction of sp³-hybridized carbons (Fsp3) is 0.273. The Morgan fingerprint density at radius 3 is 2.79 bits per heavy atom. The number of nitrogens with one attached hydrogen (secondary N) is 2. The van der Waals surface area contributed by atoms with Gasteiger partial charge in [0.05, 0.1) is 0 Å². The molecule has 4 rings (SSSR count). The molecule has 0 bridgehead atoms. The van der Waals surface area contributed by atoms with Crippen molar-refractivity contribution in [3.63, 3.8) is 0 Å². The van der Waals surface area contributed by atoms with Crippen LogP contribution in [0.3, 0.4) is 0 Å². The largest absolute Gasteiger partial charge is 0.486 e. The number of esters is 1. The molecule has 2 heterocycles. The molecule has 1 amide bonds. The molecule has 150 valence electrons. The lowest BCUT2D eigenvalue weighted by Crippen LogP contribution is -2.30. The van der Waals surface area contributed by atoms with Gasteiger partial charge in [0.1, 0.15) is 13.2 Å². The van der Waals surface area contributed by atoms with E-state index >= 15 is 0 Å². The van der Waals surface area contributed by atoms with Gasteiger partial charge in [0, 0.05) is 35.3 Å². The zero-order valence-electron chi connectivity index (χ0n) is 16.1. The third-order valence-electron chi connectivity index (χ3n) is 4.76. The van der Waals surface area contributed by atoms with Gasteiger partial charge in [0.25, 0.3) is 5.91 Å². The highest BCUT2D eigenvalue weighted by molar-refractivity contribution is 5.95. The number of ether oxygens (including phenoxy) is 3. The highest BCUT2D eigenvalue weighted by atomic mass is 16.6. The van der Waals surface area contributed by atoms with Crippen LogP contribution in [0.15, 0.2) is 48.7 Å². The van der Waals surface area contributed by atoms with E-state index in [0.29, 0.717) is 36.8 Å². The number of hydrogen-bond acceptors (Lipinski definition) is 5. The van der Waals surface area contributed by atoms with E-state index in [9.17, 15) is 9.59 Å². The standard InChI is InChI=1S/C22H22N2O5/c1-14(22(26)24-16-7-8-19-20(12-16)28-11-10-27-19)29-21(25)9-6-15-13-23-18-5-3-2-4-17(15)18/h2-5,7-8,12-14,23H,6,9-11H2,1H3,(H,24,26)/t14-/m1/s1. The van der Waals surface area contributed by atoms with Gasteiger partial charge in [-0.15, -0.1) is 0 Å². The third-order valence-corrected chi connectivity index (χ3v) is 4.76. The van der Waals surface area contributed by atoms with E-state index in [2.05, 4.69) is 10.3 Å². The first-order valence-electron chi connectivity index (χ1n) is 9.55. The fourth-order valence-corrected chi connectivity index (χ4v) is 3.25. The Morgan fingerprint density at radius 1 is 1.14 bits per heavy atom. The minimum atomic E-state index is -0.904. The quantitative estimate of drug-likeness (QED) is 0.625. The number of carbonyl (C=O) groups is 2. The fourth-order valence-electron chi connectivity index (χ4n) is 3.25. The molecule has 1 aliphatic heterocycles. The molecule has 1 aromatic heterocycles. The first-order chi connectivity index (χ1) is 14.1. The molecule has 0 saturated carbocycles. The lowest BCUT2D eigenvalue weighted by atomic mass is 10.1. The molecule has 0 unspecified atom stereocenters. The number of benzene rings is 2. The molecule has 0 aliphatic carbocycles. The smallest absolute Gasteiger partial charge is 0.306 e. The number of H-pyrrole nitrogens is 1. The lowest BCUT2D eigenvalue weighted by Gasteiger charge is -2.19. The molecule has 29 heavy (non-hydrogen) atoms. The van der Waals surface area contributed by atoms with Crippen molar-refractivity contribution in [2.24, 2.45) is 0 Å². The average Bonchev–Trinajstić information content (AvgIpc) is 3.15. The summed E-state index contributed by atoms with van der Waals surface area (Å²) in [5.74, 6) is 0.408. The van der Waals surface area contributed by atoms with Crippen molar-refractivity contribution in [1.29, 1.82) is 0 Å². The van der Waals surface area contributed by atoms with E-state index in [4.69, 9.17) is 14.2 Å². The predicted octanol–water partition coefficient (Wildman–Crippen LogP) is 3.44. The van der Waals surface area contributed by atoms with Crippen LogP contribution in [-0.2, 0) is 20.7 Å². The number of anilines is 1. The van der Waals surface area contributed by atoms with Crippen LogP contribution in [0.2, 0.25) is 0 Å². The van der Waals surface area contributed by atoms with E-state index in [0.717, 1.165) is 16.5 Å². The Morgan fingerprint density at radius 2 is 1.93 bits per heavy atom. The Bertz CT molecular complexity index is 1040. The van der Waals surface area contributed by atoms with Crippen molar-refractivity contribution in [3.8, 4) is 11.5 Å². The molecule has 0 spiro atoms. The summed E-state index contributed by atoms with van der Waals surface area (Å²) in [5.41, 5.74) is 2.63. The molecule has 3 aromatic rings. The second-order valence-electron chi connectivity index (χ2n) is 6.84. The number of carbonyl (C=O) groups excluding carboxylic acids is 2. The number of fused-ring (bicyclic) bond motifs is 2. The molecule has 7 heteroatoms. The topological polar surface area (TPSA) is 89.7 Å². The van der Waals surface area contributed by atoms with Crippen molar-refractivity contribution < 1.29 is 23.8 Å². The normalized spacial score (nSPS) is 13.7. The number of amides is 1. The van der Waals surface area contributed by atoms with Crippen LogP contribution in [0.4, 0.5) is 5.69 Å². The number of aryl methyl sites for hydroxylation is 1. The minimum Gasteiger partial charge on any atom is -0.486 e. The van der Waals surface area contributed by atoms with Gasteiger partial charge in [-0.2, -0.15) is 0 Å². The Kier molecular flexibility index (Phi) is 5.37. The monoisotopic (exact) mass is 394 g/mol. The first kappa shape index (κ1) is 18.9. The molecule has 1 aliphatic rings. The van der Waals surface area contributed by atoms with Gasteiger partial charge in [0.2, 0.25) is 0 Å². The van der Waals surface area contributed by atoms with Crippen molar-refractivity contribution >= 4 is 28.5 Å². The van der Waals surface area contributed by atoms with Crippen LogP contribution < -0.4 is 14.8 Å². The number of para-hydroxylation sites is 1. The Hall–Kier alpha value is -3.48. The van der Waals surface area contributed by atoms with E-state index in [1.165, 1.54) is 0 Å². The summed E-state index contributed by atoms with van der Waals surface area (Å²) >= 11 is 0. The summed E-state index contributed by atoms with van der Waals surface area (Å²) in [4.78, 5) is 27.7. The molecule has 7 nitrogen and oxygen atoms in total. The van der Waals surface area contributed by atoms with Crippen molar-refractivity contribution in [3.05, 3.63) is 54.2 Å². The van der Waals surface area contributed by atoms with Crippen LogP contribution in [0.5, 0.6) is 11.5 Å². The number of hydrogen-bond donors (Lipinski definition) is 2. The second kappa shape index (κ2) is 8.26.